The molecule has 4 unspecified atom stereocenters. The number of rotatable bonds is 9. The fraction of sp³-hybridized carbons (Fsp3) is 0.800. The van der Waals surface area contributed by atoms with Gasteiger partial charge in [0.25, 0.3) is 5.91 Å². The van der Waals surface area contributed by atoms with Gasteiger partial charge in [0.05, 0.1) is 12.8 Å². The highest BCUT2D eigenvalue weighted by Gasteiger charge is 2.30. The monoisotopic (exact) mass is 282 g/mol. The fourth-order valence-corrected chi connectivity index (χ4v) is 1.06. The molecule has 0 fully saturated rings. The van der Waals surface area contributed by atoms with Gasteiger partial charge in [-0.15, -0.1) is 0 Å². The zero-order valence-corrected chi connectivity index (χ0v) is 10.4. The van der Waals surface area contributed by atoms with Gasteiger partial charge in [-0.1, -0.05) is 5.16 Å². The molecule has 0 saturated heterocycles. The predicted octanol–water partition coefficient (Wildman–Crippen LogP) is -2.46. The van der Waals surface area contributed by atoms with Crippen LogP contribution in [0.15, 0.2) is 5.16 Å². The van der Waals surface area contributed by atoms with Crippen LogP contribution in [0.1, 0.15) is 6.92 Å². The summed E-state index contributed by atoms with van der Waals surface area (Å²) < 4.78 is 13.3. The molecule has 112 valence electrons. The van der Waals surface area contributed by atoms with Crippen LogP contribution in [0.2, 0.25) is 0 Å². The van der Waals surface area contributed by atoms with Crippen molar-refractivity contribution in [2.24, 2.45) is 5.16 Å². The van der Waals surface area contributed by atoms with Crippen molar-refractivity contribution in [3.05, 3.63) is 0 Å². The first-order valence-corrected chi connectivity index (χ1v) is 5.65. The molecule has 0 aromatic carbocycles. The minimum Gasteiger partial charge on any atom is -0.394 e. The quantitative estimate of drug-likeness (QED) is 0.235. The molecule has 0 rings (SSSR count). The van der Waals surface area contributed by atoms with E-state index in [1.54, 1.807) is 6.92 Å². The Hall–Kier alpha value is -1.29. The molecule has 8 nitrogen and oxygen atoms in total. The van der Waals surface area contributed by atoms with Gasteiger partial charge in [-0.3, -0.25) is 4.79 Å². The molecule has 0 aromatic rings. The zero-order valence-electron chi connectivity index (χ0n) is 10.4. The third kappa shape index (κ3) is 7.01. The topological polar surface area (TPSA) is 132 Å². The van der Waals surface area contributed by atoms with Gasteiger partial charge in [0.1, 0.15) is 18.3 Å². The van der Waals surface area contributed by atoms with Crippen molar-refractivity contribution in [2.75, 3.05) is 19.8 Å². The Morgan fingerprint density at radius 3 is 2.58 bits per heavy atom. The molecule has 9 heteroatoms. The highest BCUT2D eigenvalue weighted by Crippen LogP contribution is 2.06. The standard InChI is InChI=1S/C10H19FN2O6/c1-2-12-8(16)5-19-13-3-6(11)9(17)10(18)7(15)4-14/h3,6-7,9-10,14-15,17-18H,2,4-5H2,1H3,(H,12,16)/b13-3+. The van der Waals surface area contributed by atoms with Gasteiger partial charge in [0, 0.05) is 6.54 Å². The van der Waals surface area contributed by atoms with Crippen LogP contribution >= 0.6 is 0 Å². The van der Waals surface area contributed by atoms with E-state index >= 15 is 0 Å². The first-order valence-electron chi connectivity index (χ1n) is 5.65. The van der Waals surface area contributed by atoms with Gasteiger partial charge in [-0.2, -0.15) is 0 Å². The highest BCUT2D eigenvalue weighted by molar-refractivity contribution is 5.77. The number of nitrogens with one attached hydrogen (secondary N) is 1. The van der Waals surface area contributed by atoms with E-state index in [1.807, 2.05) is 0 Å². The second-order valence-electron chi connectivity index (χ2n) is 3.66. The minimum absolute atomic E-state index is 0.408. The lowest BCUT2D eigenvalue weighted by Crippen LogP contribution is -2.44. The summed E-state index contributed by atoms with van der Waals surface area (Å²) in [6.07, 6.45) is -7.09. The fourth-order valence-electron chi connectivity index (χ4n) is 1.06. The van der Waals surface area contributed by atoms with E-state index in [-0.39, 0.29) is 0 Å². The number of alkyl halides is 1. The van der Waals surface area contributed by atoms with E-state index in [0.717, 1.165) is 0 Å². The van der Waals surface area contributed by atoms with Crippen LogP contribution in [0.4, 0.5) is 4.39 Å². The summed E-state index contributed by atoms with van der Waals surface area (Å²) in [5.41, 5.74) is 0. The number of likely N-dealkylation sites (N-methyl/N-ethyl adjacent to an activating group) is 1. The lowest BCUT2D eigenvalue weighted by molar-refractivity contribution is -0.125. The summed E-state index contributed by atoms with van der Waals surface area (Å²) in [7, 11) is 0. The van der Waals surface area contributed by atoms with Gasteiger partial charge < -0.3 is 30.6 Å². The third-order valence-electron chi connectivity index (χ3n) is 2.10. The number of amides is 1. The van der Waals surface area contributed by atoms with Crippen LogP contribution in [0.3, 0.4) is 0 Å². The molecule has 0 radical (unpaired) electrons. The maximum atomic E-state index is 13.3. The van der Waals surface area contributed by atoms with Crippen molar-refractivity contribution in [1.29, 1.82) is 0 Å². The van der Waals surface area contributed by atoms with E-state index in [4.69, 9.17) is 10.2 Å². The van der Waals surface area contributed by atoms with E-state index in [0.29, 0.717) is 12.8 Å². The van der Waals surface area contributed by atoms with Gasteiger partial charge >= 0.3 is 0 Å². The number of halogens is 1. The van der Waals surface area contributed by atoms with Crippen LogP contribution in [0.25, 0.3) is 0 Å². The Bertz CT molecular complexity index is 291. The molecule has 0 aromatic heterocycles. The Balaban J connectivity index is 4.07. The van der Waals surface area contributed by atoms with Crippen molar-refractivity contribution in [1.82, 2.24) is 5.32 Å². The molecule has 5 N–H and O–H groups in total. The average Bonchev–Trinajstić information content (AvgIpc) is 2.41. The number of hydrogen-bond donors (Lipinski definition) is 5. The summed E-state index contributed by atoms with van der Waals surface area (Å²) in [6, 6.07) is 0. The Kier molecular flexibility index (Phi) is 8.96. The van der Waals surface area contributed by atoms with E-state index < -0.39 is 43.6 Å². The van der Waals surface area contributed by atoms with Crippen molar-refractivity contribution < 1.29 is 34.4 Å². The maximum Gasteiger partial charge on any atom is 0.260 e. The lowest BCUT2D eigenvalue weighted by atomic mass is 10.1. The summed E-state index contributed by atoms with van der Waals surface area (Å²) in [6.45, 7) is 0.898. The molecule has 0 spiro atoms. The second-order valence-corrected chi connectivity index (χ2v) is 3.66. The largest absolute Gasteiger partial charge is 0.394 e. The number of aliphatic hydroxyl groups excluding tert-OH is 4. The van der Waals surface area contributed by atoms with Crippen molar-refractivity contribution in [3.8, 4) is 0 Å². The second kappa shape index (κ2) is 9.62. The summed E-state index contributed by atoms with van der Waals surface area (Å²) in [5.74, 6) is -0.439. The van der Waals surface area contributed by atoms with Crippen LogP contribution in [-0.4, -0.2) is 76.8 Å². The predicted molar refractivity (Wildman–Crippen MR) is 63.1 cm³/mol. The molecule has 0 aliphatic carbocycles. The number of nitrogens with zero attached hydrogens (tertiary/aromatic N) is 1. The number of oxime groups is 1. The molecule has 19 heavy (non-hydrogen) atoms. The zero-order chi connectivity index (χ0) is 14.8. The molecule has 0 saturated carbocycles. The van der Waals surface area contributed by atoms with Crippen LogP contribution in [-0.2, 0) is 9.63 Å². The van der Waals surface area contributed by atoms with Crippen LogP contribution in [0.5, 0.6) is 0 Å². The first-order chi connectivity index (χ1) is 8.93. The van der Waals surface area contributed by atoms with Gasteiger partial charge in [-0.25, -0.2) is 4.39 Å². The van der Waals surface area contributed by atoms with E-state index in [1.165, 1.54) is 0 Å². The molecular weight excluding hydrogens is 263 g/mol. The number of aliphatic hydroxyl groups is 4. The van der Waals surface area contributed by atoms with E-state index in [2.05, 4.69) is 15.3 Å². The normalized spacial score (nSPS) is 17.8. The molecule has 1 amide bonds. The van der Waals surface area contributed by atoms with E-state index in [9.17, 15) is 19.4 Å². The molecule has 0 aliphatic heterocycles. The van der Waals surface area contributed by atoms with Crippen molar-refractivity contribution in [2.45, 2.75) is 31.4 Å². The summed E-state index contributed by atoms with van der Waals surface area (Å²) >= 11 is 0. The lowest BCUT2D eigenvalue weighted by Gasteiger charge is -2.22. The van der Waals surface area contributed by atoms with Crippen molar-refractivity contribution in [3.63, 3.8) is 0 Å². The number of carbonyl (C=O) groups excluding carboxylic acids is 1. The number of hydrogen-bond acceptors (Lipinski definition) is 7. The number of carbonyl (C=O) groups is 1. The molecule has 0 aliphatic rings. The van der Waals surface area contributed by atoms with Crippen LogP contribution in [0, 0.1) is 0 Å². The molecule has 0 bridgehead atoms. The SMILES string of the molecule is CCNC(=O)CO/N=C/C(F)C(O)C(O)C(O)CO. The Morgan fingerprint density at radius 1 is 1.42 bits per heavy atom. The van der Waals surface area contributed by atoms with Gasteiger partial charge in [0.15, 0.2) is 12.8 Å². The average molecular weight is 282 g/mol. The highest BCUT2D eigenvalue weighted by atomic mass is 19.1. The maximum absolute atomic E-state index is 13.3. The van der Waals surface area contributed by atoms with Gasteiger partial charge in [0.2, 0.25) is 0 Å². The van der Waals surface area contributed by atoms with Gasteiger partial charge in [-0.05, 0) is 6.92 Å². The Morgan fingerprint density at radius 2 is 2.05 bits per heavy atom. The van der Waals surface area contributed by atoms with Crippen LogP contribution < -0.4 is 5.32 Å². The summed E-state index contributed by atoms with van der Waals surface area (Å²) in [4.78, 5) is 15.4. The molecule has 0 heterocycles. The van der Waals surface area contributed by atoms with Crippen molar-refractivity contribution >= 4 is 12.1 Å². The smallest absolute Gasteiger partial charge is 0.260 e. The first kappa shape index (κ1) is 17.7. The third-order valence-corrected chi connectivity index (χ3v) is 2.10. The Labute approximate surface area is 109 Å². The molecule has 4 atom stereocenters. The minimum atomic E-state index is -2.12. The molecular formula is C10H19FN2O6. The summed E-state index contributed by atoms with van der Waals surface area (Å²) in [5, 5.41) is 41.5.